The first-order chi connectivity index (χ1) is 6.90. The molecule has 3 heteroatoms. The standard InChI is InChI=1S/C11H17N3/c1-12-10(7-9-3-2-4-9)11-8-13-5-6-14-11/h5-6,8-10,12H,2-4,7H2,1H3. The van der Waals surface area contributed by atoms with Crippen molar-refractivity contribution in [2.24, 2.45) is 5.92 Å². The molecule has 0 aliphatic heterocycles. The predicted octanol–water partition coefficient (Wildman–Crippen LogP) is 1.93. The Bertz CT molecular complexity index is 269. The van der Waals surface area contributed by atoms with Crippen molar-refractivity contribution in [1.29, 1.82) is 0 Å². The minimum Gasteiger partial charge on any atom is -0.312 e. The Morgan fingerprint density at radius 1 is 1.50 bits per heavy atom. The van der Waals surface area contributed by atoms with E-state index in [9.17, 15) is 0 Å². The van der Waals surface area contributed by atoms with Gasteiger partial charge in [0.2, 0.25) is 0 Å². The number of nitrogens with zero attached hydrogens (tertiary/aromatic N) is 2. The Hall–Kier alpha value is -0.960. The second-order valence-corrected chi connectivity index (χ2v) is 4.00. The minimum atomic E-state index is 0.383. The Balaban J connectivity index is 1.98. The Morgan fingerprint density at radius 3 is 2.86 bits per heavy atom. The lowest BCUT2D eigenvalue weighted by Gasteiger charge is -2.29. The monoisotopic (exact) mass is 191 g/mol. The smallest absolute Gasteiger partial charge is 0.0756 e. The third-order valence-corrected chi connectivity index (χ3v) is 3.08. The first-order valence-electron chi connectivity index (χ1n) is 5.33. The van der Waals surface area contributed by atoms with Crippen LogP contribution in [0.15, 0.2) is 18.6 Å². The number of nitrogens with one attached hydrogen (secondary N) is 1. The van der Waals surface area contributed by atoms with E-state index in [1.54, 1.807) is 12.4 Å². The van der Waals surface area contributed by atoms with Gasteiger partial charge in [-0.15, -0.1) is 0 Å². The Kier molecular flexibility index (Phi) is 3.09. The summed E-state index contributed by atoms with van der Waals surface area (Å²) in [7, 11) is 2.00. The van der Waals surface area contributed by atoms with Gasteiger partial charge in [-0.1, -0.05) is 19.3 Å². The van der Waals surface area contributed by atoms with Gasteiger partial charge in [0, 0.05) is 18.6 Å². The molecule has 1 unspecified atom stereocenters. The van der Waals surface area contributed by atoms with E-state index in [1.807, 2.05) is 13.2 Å². The molecular formula is C11H17N3. The molecule has 1 aliphatic carbocycles. The van der Waals surface area contributed by atoms with Crippen molar-refractivity contribution >= 4 is 0 Å². The van der Waals surface area contributed by atoms with E-state index in [1.165, 1.54) is 25.7 Å². The molecule has 0 bridgehead atoms. The van der Waals surface area contributed by atoms with E-state index in [2.05, 4.69) is 15.3 Å². The van der Waals surface area contributed by atoms with Crippen LogP contribution in [0.5, 0.6) is 0 Å². The zero-order chi connectivity index (χ0) is 9.80. The summed E-state index contributed by atoms with van der Waals surface area (Å²) in [6.07, 6.45) is 10.7. The second-order valence-electron chi connectivity index (χ2n) is 4.00. The van der Waals surface area contributed by atoms with Crippen LogP contribution in [0.25, 0.3) is 0 Å². The molecule has 0 saturated heterocycles. The van der Waals surface area contributed by atoms with E-state index < -0.39 is 0 Å². The molecule has 14 heavy (non-hydrogen) atoms. The summed E-state index contributed by atoms with van der Waals surface area (Å²) < 4.78 is 0. The second kappa shape index (κ2) is 4.51. The Morgan fingerprint density at radius 2 is 2.36 bits per heavy atom. The molecule has 1 aromatic rings. The molecule has 3 nitrogen and oxygen atoms in total. The largest absolute Gasteiger partial charge is 0.312 e. The van der Waals surface area contributed by atoms with E-state index >= 15 is 0 Å². The van der Waals surface area contributed by atoms with Crippen LogP contribution in [-0.4, -0.2) is 17.0 Å². The quantitative estimate of drug-likeness (QED) is 0.790. The SMILES string of the molecule is CNC(CC1CCC1)c1cnccn1. The summed E-state index contributed by atoms with van der Waals surface area (Å²) in [5.41, 5.74) is 1.07. The van der Waals surface area contributed by atoms with Crippen LogP contribution in [0.2, 0.25) is 0 Å². The maximum Gasteiger partial charge on any atom is 0.0756 e. The molecule has 1 saturated carbocycles. The summed E-state index contributed by atoms with van der Waals surface area (Å²) in [5.74, 6) is 0.898. The van der Waals surface area contributed by atoms with Crippen molar-refractivity contribution in [3.63, 3.8) is 0 Å². The molecule has 0 aromatic carbocycles. The lowest BCUT2D eigenvalue weighted by atomic mass is 9.80. The minimum absolute atomic E-state index is 0.383. The van der Waals surface area contributed by atoms with Gasteiger partial charge in [0.05, 0.1) is 11.7 Å². The highest BCUT2D eigenvalue weighted by molar-refractivity contribution is 5.02. The van der Waals surface area contributed by atoms with Crippen LogP contribution < -0.4 is 5.32 Å². The van der Waals surface area contributed by atoms with Crippen molar-refractivity contribution < 1.29 is 0 Å². The van der Waals surface area contributed by atoms with Gasteiger partial charge in [-0.3, -0.25) is 9.97 Å². The van der Waals surface area contributed by atoms with Gasteiger partial charge in [0.1, 0.15) is 0 Å². The van der Waals surface area contributed by atoms with Crippen molar-refractivity contribution in [1.82, 2.24) is 15.3 Å². The molecule has 1 aliphatic rings. The fourth-order valence-corrected chi connectivity index (χ4v) is 1.94. The predicted molar refractivity (Wildman–Crippen MR) is 55.8 cm³/mol. The van der Waals surface area contributed by atoms with Crippen molar-refractivity contribution in [2.75, 3.05) is 7.05 Å². The number of rotatable bonds is 4. The molecular weight excluding hydrogens is 174 g/mol. The van der Waals surface area contributed by atoms with Crippen molar-refractivity contribution in [3.8, 4) is 0 Å². The molecule has 1 N–H and O–H groups in total. The fourth-order valence-electron chi connectivity index (χ4n) is 1.94. The van der Waals surface area contributed by atoms with E-state index in [4.69, 9.17) is 0 Å². The maximum atomic E-state index is 4.34. The molecule has 0 spiro atoms. The van der Waals surface area contributed by atoms with Crippen LogP contribution >= 0.6 is 0 Å². The van der Waals surface area contributed by atoms with E-state index in [0.29, 0.717) is 6.04 Å². The van der Waals surface area contributed by atoms with E-state index in [-0.39, 0.29) is 0 Å². The molecule has 1 fully saturated rings. The number of hydrogen-bond donors (Lipinski definition) is 1. The van der Waals surface area contributed by atoms with Crippen LogP contribution in [0.1, 0.15) is 37.4 Å². The third kappa shape index (κ3) is 2.10. The molecule has 0 radical (unpaired) electrons. The van der Waals surface area contributed by atoms with Crippen LogP contribution in [-0.2, 0) is 0 Å². The van der Waals surface area contributed by atoms with Crippen LogP contribution in [0.3, 0.4) is 0 Å². The normalized spacial score (nSPS) is 18.9. The van der Waals surface area contributed by atoms with E-state index in [0.717, 1.165) is 11.6 Å². The zero-order valence-corrected chi connectivity index (χ0v) is 8.61. The maximum absolute atomic E-state index is 4.34. The van der Waals surface area contributed by atoms with Gasteiger partial charge in [-0.25, -0.2) is 0 Å². The first kappa shape index (κ1) is 9.59. The fraction of sp³-hybridized carbons (Fsp3) is 0.636. The average Bonchev–Trinajstić information content (AvgIpc) is 2.18. The highest BCUT2D eigenvalue weighted by Gasteiger charge is 2.22. The summed E-state index contributed by atoms with van der Waals surface area (Å²) in [5, 5.41) is 3.31. The number of aromatic nitrogens is 2. The lowest BCUT2D eigenvalue weighted by molar-refractivity contribution is 0.263. The van der Waals surface area contributed by atoms with Crippen LogP contribution in [0.4, 0.5) is 0 Å². The average molecular weight is 191 g/mol. The Labute approximate surface area is 85.0 Å². The summed E-state index contributed by atoms with van der Waals surface area (Å²) in [4.78, 5) is 8.44. The molecule has 76 valence electrons. The molecule has 1 atom stereocenters. The molecule has 2 rings (SSSR count). The summed E-state index contributed by atoms with van der Waals surface area (Å²) >= 11 is 0. The van der Waals surface area contributed by atoms with Crippen molar-refractivity contribution in [3.05, 3.63) is 24.3 Å². The summed E-state index contributed by atoms with van der Waals surface area (Å²) in [6.45, 7) is 0. The summed E-state index contributed by atoms with van der Waals surface area (Å²) in [6, 6.07) is 0.383. The number of hydrogen-bond acceptors (Lipinski definition) is 3. The highest BCUT2D eigenvalue weighted by atomic mass is 14.9. The van der Waals surface area contributed by atoms with Crippen molar-refractivity contribution in [2.45, 2.75) is 31.7 Å². The highest BCUT2D eigenvalue weighted by Crippen LogP contribution is 2.33. The van der Waals surface area contributed by atoms with Gasteiger partial charge >= 0.3 is 0 Å². The lowest BCUT2D eigenvalue weighted by Crippen LogP contribution is -2.24. The third-order valence-electron chi connectivity index (χ3n) is 3.08. The molecule has 1 aromatic heterocycles. The van der Waals surface area contributed by atoms with Gasteiger partial charge in [0.15, 0.2) is 0 Å². The molecule has 0 amide bonds. The first-order valence-corrected chi connectivity index (χ1v) is 5.33. The molecule has 1 heterocycles. The van der Waals surface area contributed by atoms with Gasteiger partial charge in [-0.2, -0.15) is 0 Å². The van der Waals surface area contributed by atoms with Gasteiger partial charge < -0.3 is 5.32 Å². The zero-order valence-electron chi connectivity index (χ0n) is 8.61. The van der Waals surface area contributed by atoms with Gasteiger partial charge in [0.25, 0.3) is 0 Å². The van der Waals surface area contributed by atoms with Crippen LogP contribution in [0, 0.1) is 5.92 Å². The van der Waals surface area contributed by atoms with Gasteiger partial charge in [-0.05, 0) is 19.4 Å². The topological polar surface area (TPSA) is 37.8 Å².